The van der Waals surface area contributed by atoms with E-state index < -0.39 is 0 Å². The molecule has 0 unspecified atom stereocenters. The second kappa shape index (κ2) is 4.80. The molecule has 18 heavy (non-hydrogen) atoms. The predicted molar refractivity (Wildman–Crippen MR) is 70.5 cm³/mol. The number of hydrogen-bond donors (Lipinski definition) is 1. The van der Waals surface area contributed by atoms with Gasteiger partial charge in [-0.2, -0.15) is 0 Å². The molecule has 94 valence electrons. The van der Waals surface area contributed by atoms with Crippen LogP contribution in [0.15, 0.2) is 29.1 Å². The molecule has 1 N–H and O–H groups in total. The summed E-state index contributed by atoms with van der Waals surface area (Å²) in [6.07, 6.45) is 6.91. The standard InChI is InChI=1S/C14H17N3O/c1-2-6-15-13-8-12(11-5-7-18-9-11)16-14(17-13)10-3-4-10/h5,7-10H,2-4,6H2,1H3,(H,15,16,17). The number of nitrogens with zero attached hydrogens (tertiary/aromatic N) is 2. The van der Waals surface area contributed by atoms with E-state index in [1.165, 1.54) is 12.8 Å². The van der Waals surface area contributed by atoms with Gasteiger partial charge in [0, 0.05) is 24.1 Å². The number of anilines is 1. The van der Waals surface area contributed by atoms with Crippen LogP contribution >= 0.6 is 0 Å². The molecule has 4 nitrogen and oxygen atoms in total. The summed E-state index contributed by atoms with van der Waals surface area (Å²) in [5, 5.41) is 3.34. The number of furan rings is 1. The monoisotopic (exact) mass is 243 g/mol. The van der Waals surface area contributed by atoms with Crippen LogP contribution in [0.25, 0.3) is 11.3 Å². The first-order valence-corrected chi connectivity index (χ1v) is 6.52. The van der Waals surface area contributed by atoms with Crippen molar-refractivity contribution in [2.75, 3.05) is 11.9 Å². The minimum Gasteiger partial charge on any atom is -0.472 e. The highest BCUT2D eigenvalue weighted by Crippen LogP contribution is 2.39. The quantitative estimate of drug-likeness (QED) is 0.874. The van der Waals surface area contributed by atoms with Crippen molar-refractivity contribution in [3.8, 4) is 11.3 Å². The van der Waals surface area contributed by atoms with E-state index in [0.717, 1.165) is 35.9 Å². The highest BCUT2D eigenvalue weighted by Gasteiger charge is 2.27. The molecule has 1 saturated carbocycles. The minimum atomic E-state index is 0.555. The van der Waals surface area contributed by atoms with Crippen molar-refractivity contribution >= 4 is 5.82 Å². The Labute approximate surface area is 106 Å². The Kier molecular flexibility index (Phi) is 3.00. The van der Waals surface area contributed by atoms with Gasteiger partial charge >= 0.3 is 0 Å². The van der Waals surface area contributed by atoms with Crippen molar-refractivity contribution in [2.24, 2.45) is 0 Å². The van der Waals surface area contributed by atoms with Crippen LogP contribution in [0.5, 0.6) is 0 Å². The fourth-order valence-corrected chi connectivity index (χ4v) is 1.89. The summed E-state index contributed by atoms with van der Waals surface area (Å²) in [4.78, 5) is 9.22. The molecular weight excluding hydrogens is 226 g/mol. The van der Waals surface area contributed by atoms with Crippen LogP contribution in [0, 0.1) is 0 Å². The summed E-state index contributed by atoms with van der Waals surface area (Å²) in [6.45, 7) is 3.08. The summed E-state index contributed by atoms with van der Waals surface area (Å²) in [6, 6.07) is 3.93. The van der Waals surface area contributed by atoms with Gasteiger partial charge in [0.1, 0.15) is 11.6 Å². The molecular formula is C14H17N3O. The lowest BCUT2D eigenvalue weighted by molar-refractivity contribution is 0.568. The van der Waals surface area contributed by atoms with Gasteiger partial charge in [-0.15, -0.1) is 0 Å². The molecule has 0 spiro atoms. The molecule has 2 heterocycles. The Morgan fingerprint density at radius 3 is 2.94 bits per heavy atom. The first kappa shape index (κ1) is 11.3. The fourth-order valence-electron chi connectivity index (χ4n) is 1.89. The average Bonchev–Trinajstić information content (AvgIpc) is 3.11. The van der Waals surface area contributed by atoms with Crippen LogP contribution in [-0.2, 0) is 0 Å². The van der Waals surface area contributed by atoms with E-state index in [4.69, 9.17) is 4.42 Å². The molecule has 0 atom stereocenters. The third-order valence-electron chi connectivity index (χ3n) is 3.06. The molecule has 1 aliphatic carbocycles. The zero-order chi connectivity index (χ0) is 12.4. The van der Waals surface area contributed by atoms with E-state index in [1.807, 2.05) is 12.1 Å². The molecule has 0 aromatic carbocycles. The van der Waals surface area contributed by atoms with Crippen molar-refractivity contribution < 1.29 is 4.42 Å². The molecule has 1 aliphatic rings. The molecule has 2 aromatic heterocycles. The van der Waals surface area contributed by atoms with E-state index in [2.05, 4.69) is 22.2 Å². The number of nitrogens with one attached hydrogen (secondary N) is 1. The van der Waals surface area contributed by atoms with Crippen LogP contribution in [0.3, 0.4) is 0 Å². The highest BCUT2D eigenvalue weighted by molar-refractivity contribution is 5.61. The SMILES string of the molecule is CCCNc1cc(-c2ccoc2)nc(C2CC2)n1. The van der Waals surface area contributed by atoms with E-state index in [9.17, 15) is 0 Å². The van der Waals surface area contributed by atoms with Crippen molar-refractivity contribution in [3.05, 3.63) is 30.5 Å². The largest absolute Gasteiger partial charge is 0.472 e. The molecule has 1 fully saturated rings. The van der Waals surface area contributed by atoms with Gasteiger partial charge in [0.05, 0.1) is 18.2 Å². The van der Waals surface area contributed by atoms with Gasteiger partial charge in [-0.25, -0.2) is 9.97 Å². The zero-order valence-electron chi connectivity index (χ0n) is 10.5. The lowest BCUT2D eigenvalue weighted by Crippen LogP contribution is -2.05. The number of rotatable bonds is 5. The fraction of sp³-hybridized carbons (Fsp3) is 0.429. The summed E-state index contributed by atoms with van der Waals surface area (Å²) in [7, 11) is 0. The van der Waals surface area contributed by atoms with E-state index >= 15 is 0 Å². The maximum atomic E-state index is 5.13. The number of aromatic nitrogens is 2. The molecule has 0 radical (unpaired) electrons. The van der Waals surface area contributed by atoms with Crippen molar-refractivity contribution in [3.63, 3.8) is 0 Å². The van der Waals surface area contributed by atoms with E-state index in [1.54, 1.807) is 12.5 Å². The Hall–Kier alpha value is -1.84. The Morgan fingerprint density at radius 1 is 1.39 bits per heavy atom. The van der Waals surface area contributed by atoms with E-state index in [0.29, 0.717) is 5.92 Å². The van der Waals surface area contributed by atoms with Crippen LogP contribution in [0.4, 0.5) is 5.82 Å². The molecule has 0 saturated heterocycles. The van der Waals surface area contributed by atoms with Crippen LogP contribution in [0.2, 0.25) is 0 Å². The van der Waals surface area contributed by atoms with Gasteiger partial charge in [-0.3, -0.25) is 0 Å². The van der Waals surface area contributed by atoms with Crippen LogP contribution < -0.4 is 5.32 Å². The maximum absolute atomic E-state index is 5.13. The molecule has 3 rings (SSSR count). The lowest BCUT2D eigenvalue weighted by atomic mass is 10.2. The Balaban J connectivity index is 1.94. The van der Waals surface area contributed by atoms with Gasteiger partial charge in [0.25, 0.3) is 0 Å². The average molecular weight is 243 g/mol. The van der Waals surface area contributed by atoms with Gasteiger partial charge in [-0.1, -0.05) is 6.92 Å². The second-order valence-corrected chi connectivity index (χ2v) is 4.71. The first-order chi connectivity index (χ1) is 8.86. The Bertz CT molecular complexity index is 518. The topological polar surface area (TPSA) is 51.0 Å². The summed E-state index contributed by atoms with van der Waals surface area (Å²) >= 11 is 0. The minimum absolute atomic E-state index is 0.555. The van der Waals surface area contributed by atoms with Crippen LogP contribution in [0.1, 0.15) is 37.9 Å². The lowest BCUT2D eigenvalue weighted by Gasteiger charge is -2.08. The predicted octanol–water partition coefficient (Wildman–Crippen LogP) is 3.44. The smallest absolute Gasteiger partial charge is 0.134 e. The zero-order valence-corrected chi connectivity index (χ0v) is 10.5. The second-order valence-electron chi connectivity index (χ2n) is 4.71. The molecule has 0 bridgehead atoms. The third-order valence-corrected chi connectivity index (χ3v) is 3.06. The summed E-state index contributed by atoms with van der Waals surface area (Å²) in [5.41, 5.74) is 1.96. The number of hydrogen-bond acceptors (Lipinski definition) is 4. The van der Waals surface area contributed by atoms with Crippen molar-refractivity contribution in [1.82, 2.24) is 9.97 Å². The molecule has 2 aromatic rings. The van der Waals surface area contributed by atoms with Gasteiger partial charge < -0.3 is 9.73 Å². The maximum Gasteiger partial charge on any atom is 0.134 e. The third kappa shape index (κ3) is 2.37. The first-order valence-electron chi connectivity index (χ1n) is 6.52. The normalized spacial score (nSPS) is 14.7. The van der Waals surface area contributed by atoms with Crippen LogP contribution in [-0.4, -0.2) is 16.5 Å². The Morgan fingerprint density at radius 2 is 2.28 bits per heavy atom. The van der Waals surface area contributed by atoms with Crippen molar-refractivity contribution in [2.45, 2.75) is 32.1 Å². The van der Waals surface area contributed by atoms with Gasteiger partial charge in [0.15, 0.2) is 0 Å². The highest BCUT2D eigenvalue weighted by atomic mass is 16.3. The summed E-state index contributed by atoms with van der Waals surface area (Å²) < 4.78 is 5.13. The molecule has 0 amide bonds. The van der Waals surface area contributed by atoms with E-state index in [-0.39, 0.29) is 0 Å². The van der Waals surface area contributed by atoms with Gasteiger partial charge in [-0.05, 0) is 25.3 Å². The summed E-state index contributed by atoms with van der Waals surface area (Å²) in [5.74, 6) is 2.44. The van der Waals surface area contributed by atoms with Crippen molar-refractivity contribution in [1.29, 1.82) is 0 Å². The van der Waals surface area contributed by atoms with Gasteiger partial charge in [0.2, 0.25) is 0 Å². The molecule has 4 heteroatoms. The molecule has 0 aliphatic heterocycles.